The molecule has 1 fully saturated rings. The zero-order valence-corrected chi connectivity index (χ0v) is 19.3. The van der Waals surface area contributed by atoms with Gasteiger partial charge in [0, 0.05) is 19.1 Å². The Bertz CT molecular complexity index is 937. The van der Waals surface area contributed by atoms with Crippen LogP contribution in [0, 0.1) is 26.7 Å². The van der Waals surface area contributed by atoms with Gasteiger partial charge in [-0.3, -0.25) is 0 Å². The summed E-state index contributed by atoms with van der Waals surface area (Å²) < 4.78 is 0. The van der Waals surface area contributed by atoms with Gasteiger partial charge < -0.3 is 10.2 Å². The third kappa shape index (κ3) is 3.87. The first-order valence-corrected chi connectivity index (χ1v) is 11.6. The standard InChI is InChI=1S/C27H36N2O/c1-6-23-19(4)24-15-29(27(30)28-22-13-9-18(3)10-14-22)16-25(24)20(5)26(23)21-11-7-17(2)8-12-21/h7-8,11-12,18,22H,6,9-10,13-16H2,1-5H3,(H,28,30). The van der Waals surface area contributed by atoms with Gasteiger partial charge in [-0.1, -0.05) is 43.7 Å². The molecule has 2 aromatic carbocycles. The van der Waals surface area contributed by atoms with Crippen molar-refractivity contribution in [2.24, 2.45) is 5.92 Å². The minimum Gasteiger partial charge on any atom is -0.335 e. The van der Waals surface area contributed by atoms with E-state index in [1.165, 1.54) is 57.3 Å². The number of nitrogens with one attached hydrogen (secondary N) is 1. The number of benzene rings is 2. The first kappa shape index (κ1) is 21.0. The second kappa shape index (κ2) is 8.45. The molecule has 0 unspecified atom stereocenters. The lowest BCUT2D eigenvalue weighted by Crippen LogP contribution is -2.43. The normalized spacial score (nSPS) is 20.9. The third-order valence-corrected chi connectivity index (χ3v) is 7.42. The molecule has 1 heterocycles. The maximum atomic E-state index is 13.0. The summed E-state index contributed by atoms with van der Waals surface area (Å²) in [6.45, 7) is 12.6. The predicted octanol–water partition coefficient (Wildman–Crippen LogP) is 6.45. The molecule has 160 valence electrons. The second-order valence-electron chi connectivity index (χ2n) is 9.54. The highest BCUT2D eigenvalue weighted by atomic mass is 16.2. The highest BCUT2D eigenvalue weighted by molar-refractivity contribution is 5.79. The quantitative estimate of drug-likeness (QED) is 0.627. The van der Waals surface area contributed by atoms with Crippen molar-refractivity contribution in [1.29, 1.82) is 0 Å². The molecule has 0 atom stereocenters. The van der Waals surface area contributed by atoms with E-state index in [9.17, 15) is 4.79 Å². The molecule has 2 aromatic rings. The van der Waals surface area contributed by atoms with Gasteiger partial charge >= 0.3 is 6.03 Å². The molecule has 0 radical (unpaired) electrons. The van der Waals surface area contributed by atoms with Gasteiger partial charge in [0.25, 0.3) is 0 Å². The average molecular weight is 405 g/mol. The van der Waals surface area contributed by atoms with Crippen molar-refractivity contribution >= 4 is 6.03 Å². The second-order valence-corrected chi connectivity index (χ2v) is 9.54. The Labute approximate surface area is 181 Å². The van der Waals surface area contributed by atoms with Crippen LogP contribution < -0.4 is 5.32 Å². The number of hydrogen-bond donors (Lipinski definition) is 1. The molecule has 0 aromatic heterocycles. The monoisotopic (exact) mass is 404 g/mol. The minimum atomic E-state index is 0.111. The fraction of sp³-hybridized carbons (Fsp3) is 0.519. The fourth-order valence-corrected chi connectivity index (χ4v) is 5.43. The molecule has 3 heteroatoms. The minimum absolute atomic E-state index is 0.111. The van der Waals surface area contributed by atoms with Crippen molar-refractivity contribution in [2.45, 2.75) is 85.9 Å². The van der Waals surface area contributed by atoms with Gasteiger partial charge in [0.05, 0.1) is 0 Å². The SMILES string of the molecule is CCc1c(C)c2c(c(C)c1-c1ccc(C)cc1)CN(C(=O)NC1CCC(C)CC1)C2. The number of urea groups is 1. The molecule has 2 amide bonds. The van der Waals surface area contributed by atoms with E-state index in [4.69, 9.17) is 0 Å². The highest BCUT2D eigenvalue weighted by Gasteiger charge is 2.31. The number of hydrogen-bond acceptors (Lipinski definition) is 1. The van der Waals surface area contributed by atoms with Crippen LogP contribution in [0.5, 0.6) is 0 Å². The summed E-state index contributed by atoms with van der Waals surface area (Å²) in [5, 5.41) is 3.32. The van der Waals surface area contributed by atoms with E-state index in [-0.39, 0.29) is 6.03 Å². The van der Waals surface area contributed by atoms with Crippen LogP contribution in [-0.2, 0) is 19.5 Å². The van der Waals surface area contributed by atoms with Crippen LogP contribution in [0.2, 0.25) is 0 Å². The van der Waals surface area contributed by atoms with Gasteiger partial charge in [0.15, 0.2) is 0 Å². The Kier molecular flexibility index (Phi) is 5.90. The molecular formula is C27H36N2O. The van der Waals surface area contributed by atoms with Gasteiger partial charge in [-0.2, -0.15) is 0 Å². The summed E-state index contributed by atoms with van der Waals surface area (Å²) in [7, 11) is 0. The van der Waals surface area contributed by atoms with Crippen LogP contribution in [0.4, 0.5) is 4.79 Å². The molecule has 1 aliphatic carbocycles. The number of nitrogens with zero attached hydrogens (tertiary/aromatic N) is 1. The number of aryl methyl sites for hydroxylation is 1. The van der Waals surface area contributed by atoms with Crippen LogP contribution in [-0.4, -0.2) is 17.0 Å². The van der Waals surface area contributed by atoms with Crippen molar-refractivity contribution < 1.29 is 4.79 Å². The van der Waals surface area contributed by atoms with Crippen molar-refractivity contribution in [3.63, 3.8) is 0 Å². The van der Waals surface area contributed by atoms with Gasteiger partial charge in [-0.25, -0.2) is 4.79 Å². The lowest BCUT2D eigenvalue weighted by molar-refractivity contribution is 0.187. The number of amides is 2. The molecule has 0 saturated heterocycles. The van der Waals surface area contributed by atoms with Crippen LogP contribution in [0.3, 0.4) is 0 Å². The maximum Gasteiger partial charge on any atom is 0.318 e. The molecule has 30 heavy (non-hydrogen) atoms. The number of rotatable bonds is 3. The Hall–Kier alpha value is -2.29. The van der Waals surface area contributed by atoms with Gasteiger partial charge in [-0.15, -0.1) is 0 Å². The summed E-state index contributed by atoms with van der Waals surface area (Å²) in [5.41, 5.74) is 10.8. The molecule has 2 aliphatic rings. The molecule has 3 nitrogen and oxygen atoms in total. The molecule has 4 rings (SSSR count). The zero-order chi connectivity index (χ0) is 21.4. The van der Waals surface area contributed by atoms with Crippen molar-refractivity contribution in [2.75, 3.05) is 0 Å². The predicted molar refractivity (Wildman–Crippen MR) is 125 cm³/mol. The maximum absolute atomic E-state index is 13.0. The van der Waals surface area contributed by atoms with E-state index in [1.807, 2.05) is 4.90 Å². The summed E-state index contributed by atoms with van der Waals surface area (Å²) in [6.07, 6.45) is 5.69. The number of fused-ring (bicyclic) bond motifs is 1. The zero-order valence-electron chi connectivity index (χ0n) is 19.3. The summed E-state index contributed by atoms with van der Waals surface area (Å²) in [5.74, 6) is 0.798. The topological polar surface area (TPSA) is 32.3 Å². The fourth-order valence-electron chi connectivity index (χ4n) is 5.43. The van der Waals surface area contributed by atoms with E-state index in [2.05, 4.69) is 64.2 Å². The number of carbonyl (C=O) groups is 1. The summed E-state index contributed by atoms with van der Waals surface area (Å²) in [4.78, 5) is 15.1. The molecule has 1 aliphatic heterocycles. The van der Waals surface area contributed by atoms with Crippen molar-refractivity contribution in [1.82, 2.24) is 10.2 Å². The summed E-state index contributed by atoms with van der Waals surface area (Å²) in [6, 6.07) is 9.33. The largest absolute Gasteiger partial charge is 0.335 e. The average Bonchev–Trinajstić information content (AvgIpc) is 3.19. The van der Waals surface area contributed by atoms with Crippen LogP contribution in [0.1, 0.15) is 72.9 Å². The molecule has 0 spiro atoms. The van der Waals surface area contributed by atoms with Gasteiger partial charge in [0.1, 0.15) is 0 Å². The molecule has 1 N–H and O–H groups in total. The van der Waals surface area contributed by atoms with E-state index >= 15 is 0 Å². The lowest BCUT2D eigenvalue weighted by atomic mass is 9.84. The first-order valence-electron chi connectivity index (χ1n) is 11.6. The van der Waals surface area contributed by atoms with E-state index in [0.29, 0.717) is 6.04 Å². The van der Waals surface area contributed by atoms with Gasteiger partial charge in [-0.05, 0) is 97.7 Å². The lowest BCUT2D eigenvalue weighted by Gasteiger charge is -2.28. The molecular weight excluding hydrogens is 368 g/mol. The smallest absolute Gasteiger partial charge is 0.318 e. The van der Waals surface area contributed by atoms with Crippen LogP contribution in [0.15, 0.2) is 24.3 Å². The van der Waals surface area contributed by atoms with E-state index in [0.717, 1.165) is 38.3 Å². The van der Waals surface area contributed by atoms with Gasteiger partial charge in [0.2, 0.25) is 0 Å². The van der Waals surface area contributed by atoms with Crippen molar-refractivity contribution in [3.8, 4) is 11.1 Å². The van der Waals surface area contributed by atoms with E-state index in [1.54, 1.807) is 0 Å². The summed E-state index contributed by atoms with van der Waals surface area (Å²) >= 11 is 0. The highest BCUT2D eigenvalue weighted by Crippen LogP contribution is 2.39. The first-order chi connectivity index (χ1) is 14.4. The number of carbonyl (C=O) groups excluding carboxylic acids is 1. The Balaban J connectivity index is 1.61. The Morgan fingerprint density at radius 2 is 1.57 bits per heavy atom. The molecule has 1 saturated carbocycles. The van der Waals surface area contributed by atoms with Crippen LogP contribution >= 0.6 is 0 Å². The third-order valence-electron chi connectivity index (χ3n) is 7.42. The van der Waals surface area contributed by atoms with Crippen LogP contribution in [0.25, 0.3) is 11.1 Å². The molecule has 0 bridgehead atoms. The van der Waals surface area contributed by atoms with Crippen molar-refractivity contribution in [3.05, 3.63) is 57.6 Å². The Morgan fingerprint density at radius 1 is 0.967 bits per heavy atom. The van der Waals surface area contributed by atoms with E-state index < -0.39 is 0 Å². The Morgan fingerprint density at radius 3 is 2.17 bits per heavy atom.